The first-order valence-corrected chi connectivity index (χ1v) is 11.5. The van der Waals surface area contributed by atoms with Crippen molar-refractivity contribution in [3.8, 4) is 5.69 Å². The van der Waals surface area contributed by atoms with Crippen LogP contribution in [0.2, 0.25) is 5.02 Å². The molecule has 0 radical (unpaired) electrons. The van der Waals surface area contributed by atoms with Gasteiger partial charge in [-0.2, -0.15) is 13.2 Å². The third-order valence-corrected chi connectivity index (χ3v) is 5.57. The highest BCUT2D eigenvalue weighted by atomic mass is 35.5. The van der Waals surface area contributed by atoms with Crippen LogP contribution in [0.25, 0.3) is 16.9 Å². The zero-order valence-corrected chi connectivity index (χ0v) is 20.2. The zero-order valence-electron chi connectivity index (χ0n) is 19.4. The van der Waals surface area contributed by atoms with Gasteiger partial charge in [-0.25, -0.2) is 19.7 Å². The number of benzene rings is 2. The molecule has 0 bridgehead atoms. The van der Waals surface area contributed by atoms with E-state index in [4.69, 9.17) is 11.6 Å². The number of amides is 3. The van der Waals surface area contributed by atoms with Gasteiger partial charge in [0.25, 0.3) is 0 Å². The maximum absolute atomic E-state index is 13.0. The van der Waals surface area contributed by atoms with E-state index < -0.39 is 22.8 Å². The van der Waals surface area contributed by atoms with Gasteiger partial charge in [0.2, 0.25) is 5.91 Å². The van der Waals surface area contributed by atoms with Crippen LogP contribution in [0.1, 0.15) is 24.6 Å². The van der Waals surface area contributed by atoms with Gasteiger partial charge in [0, 0.05) is 23.6 Å². The molecule has 4 aromatic rings. The topological polar surface area (TPSA) is 114 Å². The van der Waals surface area contributed by atoms with Gasteiger partial charge in [0.1, 0.15) is 18.2 Å². The molecule has 3 N–H and O–H groups in total. The van der Waals surface area contributed by atoms with Crippen LogP contribution < -0.4 is 16.0 Å². The number of anilines is 2. The van der Waals surface area contributed by atoms with E-state index >= 15 is 0 Å². The maximum atomic E-state index is 13.0. The van der Waals surface area contributed by atoms with Crippen molar-refractivity contribution in [2.45, 2.75) is 25.9 Å². The first kappa shape index (κ1) is 25.9. The van der Waals surface area contributed by atoms with E-state index in [-0.39, 0.29) is 18.0 Å². The lowest BCUT2D eigenvalue weighted by atomic mass is 10.2. The third-order valence-electron chi connectivity index (χ3n) is 5.24. The molecule has 0 unspecified atom stereocenters. The Bertz CT molecular complexity index is 1440. The van der Waals surface area contributed by atoms with Gasteiger partial charge < -0.3 is 16.0 Å². The van der Waals surface area contributed by atoms with Crippen LogP contribution in [-0.4, -0.2) is 38.0 Å². The van der Waals surface area contributed by atoms with Crippen molar-refractivity contribution in [1.82, 2.24) is 24.8 Å². The second-order valence-electron chi connectivity index (χ2n) is 7.95. The molecule has 2 aromatic carbocycles. The van der Waals surface area contributed by atoms with Crippen molar-refractivity contribution in [2.24, 2.45) is 0 Å². The number of nitrogens with one attached hydrogen (secondary N) is 3. The van der Waals surface area contributed by atoms with Gasteiger partial charge in [-0.3, -0.25) is 9.36 Å². The van der Waals surface area contributed by atoms with Crippen molar-refractivity contribution < 1.29 is 22.8 Å². The van der Waals surface area contributed by atoms with Crippen LogP contribution in [-0.2, 0) is 17.4 Å². The summed E-state index contributed by atoms with van der Waals surface area (Å²) in [4.78, 5) is 37.3. The van der Waals surface area contributed by atoms with Crippen molar-refractivity contribution in [3.63, 3.8) is 0 Å². The van der Waals surface area contributed by atoms with Crippen molar-refractivity contribution in [3.05, 3.63) is 71.4 Å². The Balaban J connectivity index is 1.46. The third kappa shape index (κ3) is 6.15. The molecule has 37 heavy (non-hydrogen) atoms. The summed E-state index contributed by atoms with van der Waals surface area (Å²) >= 11 is 5.61. The largest absolute Gasteiger partial charge is 0.417 e. The fourth-order valence-corrected chi connectivity index (χ4v) is 3.72. The Morgan fingerprint density at radius 1 is 1.00 bits per heavy atom. The van der Waals surface area contributed by atoms with Crippen LogP contribution in [0, 0.1) is 0 Å². The number of aromatic nitrogens is 4. The molecule has 0 saturated heterocycles. The highest BCUT2D eigenvalue weighted by molar-refractivity contribution is 6.31. The summed E-state index contributed by atoms with van der Waals surface area (Å²) in [5, 5.41) is 7.26. The number of fused-ring (bicyclic) bond motifs is 1. The summed E-state index contributed by atoms with van der Waals surface area (Å²) in [6, 6.07) is 9.01. The van der Waals surface area contributed by atoms with Gasteiger partial charge >= 0.3 is 12.2 Å². The molecule has 192 valence electrons. The number of carbonyl (C=O) groups is 2. The molecule has 0 aliphatic carbocycles. The van der Waals surface area contributed by atoms with Gasteiger partial charge in [0.05, 0.1) is 22.7 Å². The Morgan fingerprint density at radius 2 is 1.70 bits per heavy atom. The van der Waals surface area contributed by atoms with Gasteiger partial charge in [-0.1, -0.05) is 18.5 Å². The number of imidazole rings is 1. The highest BCUT2D eigenvalue weighted by Gasteiger charge is 2.33. The molecule has 0 fully saturated rings. The minimum atomic E-state index is -4.65. The fraction of sp³-hybridized carbons (Fsp3) is 0.208. The van der Waals surface area contributed by atoms with Crippen molar-refractivity contribution >= 4 is 46.1 Å². The number of nitrogens with zero attached hydrogens (tertiary/aromatic N) is 4. The summed E-state index contributed by atoms with van der Waals surface area (Å²) in [7, 11) is 0. The number of hydrogen-bond donors (Lipinski definition) is 3. The lowest BCUT2D eigenvalue weighted by Crippen LogP contribution is -2.26. The van der Waals surface area contributed by atoms with E-state index in [1.807, 2.05) is 6.92 Å². The Hall–Kier alpha value is -4.19. The highest BCUT2D eigenvalue weighted by Crippen LogP contribution is 2.36. The second kappa shape index (κ2) is 10.8. The molecule has 0 saturated carbocycles. The minimum absolute atomic E-state index is 0.0606. The van der Waals surface area contributed by atoms with Crippen LogP contribution in [0.3, 0.4) is 0 Å². The van der Waals surface area contributed by atoms with E-state index in [2.05, 4.69) is 30.9 Å². The smallest absolute Gasteiger partial charge is 0.356 e. The molecule has 4 rings (SSSR count). The van der Waals surface area contributed by atoms with Crippen molar-refractivity contribution in [1.29, 1.82) is 0 Å². The molecule has 13 heteroatoms. The average Bonchev–Trinajstić information content (AvgIpc) is 3.29. The molecule has 9 nitrogen and oxygen atoms in total. The summed E-state index contributed by atoms with van der Waals surface area (Å²) in [6.07, 6.45) is -0.825. The fourth-order valence-electron chi connectivity index (χ4n) is 3.50. The minimum Gasteiger partial charge on any atom is -0.356 e. The maximum Gasteiger partial charge on any atom is 0.417 e. The van der Waals surface area contributed by atoms with Crippen LogP contribution >= 0.6 is 11.6 Å². The molecule has 3 amide bonds. The Morgan fingerprint density at radius 3 is 2.41 bits per heavy atom. The van der Waals surface area contributed by atoms with Crippen molar-refractivity contribution in [2.75, 3.05) is 17.2 Å². The SMILES string of the molecule is CCCNC(=O)Cc1ncnc2c1ncn2-c1ccc(NC(=O)Nc2ccc(Cl)c(C(F)(F)F)c2)cc1. The summed E-state index contributed by atoms with van der Waals surface area (Å²) in [6.45, 7) is 2.54. The standard InChI is InChI=1S/C24H21ClF3N7O2/c1-2-9-29-20(36)11-19-21-22(31-12-30-19)35(13-32-21)16-6-3-14(4-7-16)33-23(37)34-15-5-8-18(25)17(10-15)24(26,27)28/h3-8,10,12-13H,2,9,11H2,1H3,(H,29,36)(H2,33,34,37). The number of halogens is 4. The van der Waals surface area contributed by atoms with E-state index in [9.17, 15) is 22.8 Å². The predicted octanol–water partition coefficient (Wildman–Crippen LogP) is 5.20. The lowest BCUT2D eigenvalue weighted by molar-refractivity contribution is -0.137. The number of carbonyl (C=O) groups excluding carboxylic acids is 2. The van der Waals surface area contributed by atoms with Crippen LogP contribution in [0.15, 0.2) is 55.1 Å². The Labute approximate surface area is 214 Å². The first-order valence-electron chi connectivity index (χ1n) is 11.1. The van der Waals surface area contributed by atoms with Gasteiger partial charge in [-0.15, -0.1) is 0 Å². The van der Waals surface area contributed by atoms with Crippen LogP contribution in [0.4, 0.5) is 29.3 Å². The average molecular weight is 532 g/mol. The summed E-state index contributed by atoms with van der Waals surface area (Å²) in [5.74, 6) is -0.154. The first-order chi connectivity index (χ1) is 17.7. The number of rotatable bonds is 7. The van der Waals surface area contributed by atoms with E-state index in [1.54, 1.807) is 35.2 Å². The molecule has 2 aromatic heterocycles. The van der Waals surface area contributed by atoms with E-state index in [0.717, 1.165) is 18.6 Å². The second-order valence-corrected chi connectivity index (χ2v) is 8.36. The molecular weight excluding hydrogens is 511 g/mol. The summed E-state index contributed by atoms with van der Waals surface area (Å²) < 4.78 is 40.8. The Kier molecular flexibility index (Phi) is 7.58. The predicted molar refractivity (Wildman–Crippen MR) is 133 cm³/mol. The monoisotopic (exact) mass is 531 g/mol. The van der Waals surface area contributed by atoms with E-state index in [0.29, 0.717) is 34.8 Å². The molecule has 2 heterocycles. The van der Waals surface area contributed by atoms with E-state index in [1.165, 1.54) is 12.4 Å². The van der Waals surface area contributed by atoms with Gasteiger partial charge in [0.15, 0.2) is 5.65 Å². The van der Waals surface area contributed by atoms with Crippen LogP contribution in [0.5, 0.6) is 0 Å². The molecule has 0 spiro atoms. The molecule has 0 atom stereocenters. The number of hydrogen-bond acceptors (Lipinski definition) is 5. The summed E-state index contributed by atoms with van der Waals surface area (Å²) in [5.41, 5.74) is 1.49. The quantitative estimate of drug-likeness (QED) is 0.303. The lowest BCUT2D eigenvalue weighted by Gasteiger charge is -2.12. The molecular formula is C24H21ClF3N7O2. The number of alkyl halides is 3. The zero-order chi connectivity index (χ0) is 26.6. The molecule has 0 aliphatic rings. The number of urea groups is 1. The normalized spacial score (nSPS) is 11.4. The van der Waals surface area contributed by atoms with Gasteiger partial charge in [-0.05, 0) is 48.9 Å². The molecule has 0 aliphatic heterocycles.